The van der Waals surface area contributed by atoms with E-state index in [1.165, 1.54) is 11.1 Å². The van der Waals surface area contributed by atoms with Crippen LogP contribution in [0.3, 0.4) is 0 Å². The summed E-state index contributed by atoms with van der Waals surface area (Å²) in [5, 5.41) is -0.00205. The molecule has 0 spiro atoms. The van der Waals surface area contributed by atoms with Gasteiger partial charge in [-0.25, -0.2) is 0 Å². The van der Waals surface area contributed by atoms with Crippen LogP contribution in [0.15, 0.2) is 24.3 Å². The van der Waals surface area contributed by atoms with Crippen molar-refractivity contribution in [2.24, 2.45) is 0 Å². The SMILES string of the molecule is CC(Cl)CN(C)C(=O)C1CCCc2ccccc21. The lowest BCUT2D eigenvalue weighted by Gasteiger charge is -2.29. The Kier molecular flexibility index (Phi) is 4.28. The second-order valence-corrected chi connectivity index (χ2v) is 5.89. The third kappa shape index (κ3) is 2.86. The van der Waals surface area contributed by atoms with Crippen molar-refractivity contribution in [1.82, 2.24) is 4.90 Å². The van der Waals surface area contributed by atoms with E-state index in [2.05, 4.69) is 18.2 Å². The Labute approximate surface area is 114 Å². The van der Waals surface area contributed by atoms with Crippen molar-refractivity contribution >= 4 is 17.5 Å². The van der Waals surface area contributed by atoms with E-state index >= 15 is 0 Å². The Bertz CT molecular complexity index is 430. The van der Waals surface area contributed by atoms with Crippen molar-refractivity contribution in [3.8, 4) is 0 Å². The summed E-state index contributed by atoms with van der Waals surface area (Å²) in [6.07, 6.45) is 3.14. The van der Waals surface area contributed by atoms with Crippen molar-refractivity contribution < 1.29 is 4.79 Å². The van der Waals surface area contributed by atoms with Crippen LogP contribution >= 0.6 is 11.6 Å². The summed E-state index contributed by atoms with van der Waals surface area (Å²) in [6.45, 7) is 2.53. The van der Waals surface area contributed by atoms with Gasteiger partial charge in [0.2, 0.25) is 5.91 Å². The largest absolute Gasteiger partial charge is 0.344 e. The normalized spacial score (nSPS) is 20.1. The van der Waals surface area contributed by atoms with Crippen LogP contribution in [0.1, 0.15) is 36.8 Å². The molecule has 1 amide bonds. The smallest absolute Gasteiger partial charge is 0.229 e. The fourth-order valence-corrected chi connectivity index (χ4v) is 2.95. The molecule has 1 aliphatic carbocycles. The molecule has 0 bridgehead atoms. The summed E-state index contributed by atoms with van der Waals surface area (Å²) >= 11 is 5.96. The van der Waals surface area contributed by atoms with E-state index in [4.69, 9.17) is 11.6 Å². The zero-order valence-electron chi connectivity index (χ0n) is 11.0. The molecular weight excluding hydrogens is 246 g/mol. The van der Waals surface area contributed by atoms with Gasteiger partial charge in [-0.15, -0.1) is 11.6 Å². The maximum absolute atomic E-state index is 12.5. The average Bonchev–Trinajstić information content (AvgIpc) is 2.36. The van der Waals surface area contributed by atoms with E-state index in [0.717, 1.165) is 19.3 Å². The van der Waals surface area contributed by atoms with E-state index in [1.807, 2.05) is 20.0 Å². The van der Waals surface area contributed by atoms with Crippen molar-refractivity contribution in [2.45, 2.75) is 37.5 Å². The van der Waals surface area contributed by atoms with Crippen LogP contribution in [0, 0.1) is 0 Å². The molecule has 0 heterocycles. The number of fused-ring (bicyclic) bond motifs is 1. The van der Waals surface area contributed by atoms with Gasteiger partial charge in [0, 0.05) is 19.0 Å². The molecule has 0 aliphatic heterocycles. The number of aryl methyl sites for hydroxylation is 1. The molecule has 2 nitrogen and oxygen atoms in total. The summed E-state index contributed by atoms with van der Waals surface area (Å²) in [5.41, 5.74) is 2.54. The lowest BCUT2D eigenvalue weighted by molar-refractivity contribution is -0.131. The first kappa shape index (κ1) is 13.4. The first-order chi connectivity index (χ1) is 8.59. The van der Waals surface area contributed by atoms with E-state index in [1.54, 1.807) is 4.90 Å². The Morgan fingerprint density at radius 1 is 1.50 bits per heavy atom. The standard InChI is InChI=1S/C15H20ClNO/c1-11(16)10-17(2)15(18)14-9-5-7-12-6-3-4-8-13(12)14/h3-4,6,8,11,14H,5,7,9-10H2,1-2H3. The lowest BCUT2D eigenvalue weighted by atomic mass is 9.82. The molecule has 1 aromatic carbocycles. The molecule has 0 fully saturated rings. The Morgan fingerprint density at radius 3 is 2.94 bits per heavy atom. The zero-order valence-corrected chi connectivity index (χ0v) is 11.8. The third-order valence-corrected chi connectivity index (χ3v) is 3.71. The van der Waals surface area contributed by atoms with Crippen LogP contribution in [0.25, 0.3) is 0 Å². The molecule has 2 atom stereocenters. The maximum Gasteiger partial charge on any atom is 0.229 e. The number of carbonyl (C=O) groups excluding carboxylic acids is 1. The minimum atomic E-state index is -0.00205. The van der Waals surface area contributed by atoms with Gasteiger partial charge in [-0.2, -0.15) is 0 Å². The maximum atomic E-state index is 12.5. The number of benzene rings is 1. The van der Waals surface area contributed by atoms with Gasteiger partial charge < -0.3 is 4.90 Å². The van der Waals surface area contributed by atoms with Crippen LogP contribution < -0.4 is 0 Å². The van der Waals surface area contributed by atoms with Crippen LogP contribution in [0.2, 0.25) is 0 Å². The minimum Gasteiger partial charge on any atom is -0.344 e. The monoisotopic (exact) mass is 265 g/mol. The van der Waals surface area contributed by atoms with Gasteiger partial charge in [-0.05, 0) is 37.3 Å². The summed E-state index contributed by atoms with van der Waals surface area (Å²) in [5.74, 6) is 0.227. The number of carbonyl (C=O) groups is 1. The molecule has 18 heavy (non-hydrogen) atoms. The first-order valence-corrected chi connectivity index (χ1v) is 7.00. The topological polar surface area (TPSA) is 20.3 Å². The lowest BCUT2D eigenvalue weighted by Crippen LogP contribution is -2.36. The van der Waals surface area contributed by atoms with E-state index in [-0.39, 0.29) is 17.2 Å². The van der Waals surface area contributed by atoms with Gasteiger partial charge in [0.25, 0.3) is 0 Å². The van der Waals surface area contributed by atoms with Gasteiger partial charge >= 0.3 is 0 Å². The van der Waals surface area contributed by atoms with Crippen molar-refractivity contribution in [2.75, 3.05) is 13.6 Å². The molecule has 0 radical (unpaired) electrons. The fourth-order valence-electron chi connectivity index (χ4n) is 2.74. The number of alkyl halides is 1. The first-order valence-electron chi connectivity index (χ1n) is 6.56. The molecule has 1 aromatic rings. The molecule has 0 saturated carbocycles. The van der Waals surface area contributed by atoms with E-state index < -0.39 is 0 Å². The van der Waals surface area contributed by atoms with Gasteiger partial charge in [0.05, 0.1) is 5.92 Å². The number of halogens is 1. The predicted molar refractivity (Wildman–Crippen MR) is 75.1 cm³/mol. The average molecular weight is 266 g/mol. The highest BCUT2D eigenvalue weighted by molar-refractivity contribution is 6.20. The number of hydrogen-bond acceptors (Lipinski definition) is 1. The molecular formula is C15H20ClNO. The molecule has 1 aliphatic rings. The van der Waals surface area contributed by atoms with E-state index in [0.29, 0.717) is 6.54 Å². The van der Waals surface area contributed by atoms with Gasteiger partial charge in [-0.1, -0.05) is 24.3 Å². The highest BCUT2D eigenvalue weighted by Crippen LogP contribution is 2.32. The van der Waals surface area contributed by atoms with Gasteiger partial charge in [0.1, 0.15) is 0 Å². The van der Waals surface area contributed by atoms with Gasteiger partial charge in [0.15, 0.2) is 0 Å². The Hall–Kier alpha value is -1.02. The quantitative estimate of drug-likeness (QED) is 0.769. The second kappa shape index (κ2) is 5.75. The molecule has 2 rings (SSSR count). The van der Waals surface area contributed by atoms with E-state index in [9.17, 15) is 4.79 Å². The summed E-state index contributed by atoms with van der Waals surface area (Å²) < 4.78 is 0. The second-order valence-electron chi connectivity index (χ2n) is 5.14. The summed E-state index contributed by atoms with van der Waals surface area (Å²) in [7, 11) is 1.85. The number of likely N-dealkylation sites (N-methyl/N-ethyl adjacent to an activating group) is 1. The fraction of sp³-hybridized carbons (Fsp3) is 0.533. The molecule has 3 heteroatoms. The molecule has 0 N–H and O–H groups in total. The molecule has 98 valence electrons. The van der Waals surface area contributed by atoms with Crippen LogP contribution in [-0.2, 0) is 11.2 Å². The number of rotatable bonds is 3. The van der Waals surface area contributed by atoms with Crippen molar-refractivity contribution in [3.63, 3.8) is 0 Å². The third-order valence-electron chi connectivity index (χ3n) is 3.57. The van der Waals surface area contributed by atoms with Crippen LogP contribution in [-0.4, -0.2) is 29.8 Å². The Morgan fingerprint density at radius 2 is 2.22 bits per heavy atom. The Balaban J connectivity index is 2.17. The number of nitrogens with zero attached hydrogens (tertiary/aromatic N) is 1. The van der Waals surface area contributed by atoms with Crippen LogP contribution in [0.4, 0.5) is 0 Å². The highest BCUT2D eigenvalue weighted by atomic mass is 35.5. The number of amides is 1. The zero-order chi connectivity index (χ0) is 13.1. The predicted octanol–water partition coefficient (Wildman–Crippen LogP) is 3.19. The van der Waals surface area contributed by atoms with Gasteiger partial charge in [-0.3, -0.25) is 4.79 Å². The summed E-state index contributed by atoms with van der Waals surface area (Å²) in [4.78, 5) is 14.2. The minimum absolute atomic E-state index is 0.00205. The van der Waals surface area contributed by atoms with Crippen molar-refractivity contribution in [3.05, 3.63) is 35.4 Å². The molecule has 0 aromatic heterocycles. The van der Waals surface area contributed by atoms with Crippen LogP contribution in [0.5, 0.6) is 0 Å². The summed E-state index contributed by atoms with van der Waals surface area (Å²) in [6, 6.07) is 8.30. The number of hydrogen-bond donors (Lipinski definition) is 0. The highest BCUT2D eigenvalue weighted by Gasteiger charge is 2.28. The molecule has 0 saturated heterocycles. The molecule has 2 unspecified atom stereocenters. The van der Waals surface area contributed by atoms with Crippen molar-refractivity contribution in [1.29, 1.82) is 0 Å².